The van der Waals surface area contributed by atoms with Crippen molar-refractivity contribution in [3.63, 3.8) is 0 Å². The average Bonchev–Trinajstić information content (AvgIpc) is 4.05. The fraction of sp³-hybridized carbons (Fsp3) is 0.809. The summed E-state index contributed by atoms with van der Waals surface area (Å²) in [6.07, 6.45) is 18.4. The molecule has 15 heteroatoms. The summed E-state index contributed by atoms with van der Waals surface area (Å²) in [4.78, 5) is 36.1. The summed E-state index contributed by atoms with van der Waals surface area (Å²) < 4.78 is 22.3. The van der Waals surface area contributed by atoms with Crippen LogP contribution in [-0.2, 0) is 28.6 Å². The number of amides is 2. The van der Waals surface area contributed by atoms with E-state index < -0.39 is 36.2 Å². The molecule has 1 heterocycles. The highest BCUT2D eigenvalue weighted by molar-refractivity contribution is 5.80. The van der Waals surface area contributed by atoms with E-state index in [0.717, 1.165) is 70.8 Å². The van der Waals surface area contributed by atoms with Crippen LogP contribution < -0.4 is 21.1 Å². The molecule has 8 atom stereocenters. The van der Waals surface area contributed by atoms with E-state index in [4.69, 9.17) is 29.8 Å². The highest BCUT2D eigenvalue weighted by atomic mass is 16.6. The Balaban J connectivity index is 1.46. The summed E-state index contributed by atoms with van der Waals surface area (Å²) in [5.74, 6) is -0.851. The van der Waals surface area contributed by atoms with Crippen molar-refractivity contribution in [1.82, 2.24) is 10.6 Å². The SMILES string of the molecule is CCC(=O)N[C@@H](CO)COc1ccc([C@H](CNC(=O)[C@@H](O)CCC[C@H](O)[C@H]2O[C@H]2CCCCCCC[C@H](O)CCCCCCCCCCCCOC[C@@H](N)CO)OC(C)=O)cc1. The van der Waals surface area contributed by atoms with Crippen molar-refractivity contribution in [2.24, 2.45) is 5.73 Å². The molecule has 0 bridgehead atoms. The summed E-state index contributed by atoms with van der Waals surface area (Å²) in [5.41, 5.74) is 6.21. The van der Waals surface area contributed by atoms with Crippen LogP contribution in [0.25, 0.3) is 0 Å². The predicted octanol–water partition coefficient (Wildman–Crippen LogP) is 5.05. The number of nitrogens with two attached hydrogens (primary N) is 1. The standard InChI is InChI=1S/C47H83N3O12/c1-3-45(57)50-38(32-52)34-60-40-27-25-36(26-28-40)44(61-35(2)53)30-49-47(58)42(56)23-19-22-41(55)46-43(62-46)24-17-13-10-12-16-21-39(54)20-15-11-8-6-4-5-7-9-14-18-29-59-33-37(48)31-51/h25-28,37-39,41-44,46,51-52,54-56H,3-24,29-34,48H2,1-2H3,(H,49,58)(H,50,57)/t37-,38-,39+,41-,42-,43-,44-,46+/m0/s1. The van der Waals surface area contributed by atoms with Gasteiger partial charge in [-0.25, -0.2) is 0 Å². The molecular weight excluding hydrogens is 799 g/mol. The number of carbonyl (C=O) groups excluding carboxylic acids is 3. The topological polar surface area (TPSA) is 243 Å². The van der Waals surface area contributed by atoms with Gasteiger partial charge in [0.05, 0.1) is 56.8 Å². The lowest BCUT2D eigenvalue weighted by Gasteiger charge is -2.20. The Morgan fingerprint density at radius 3 is 1.94 bits per heavy atom. The summed E-state index contributed by atoms with van der Waals surface area (Å²) in [7, 11) is 0. The first-order chi connectivity index (χ1) is 30.0. The molecule has 0 unspecified atom stereocenters. The number of hydrogen-bond donors (Lipinski definition) is 8. The van der Waals surface area contributed by atoms with E-state index in [9.17, 15) is 34.8 Å². The maximum atomic E-state index is 12.7. The van der Waals surface area contributed by atoms with Crippen LogP contribution in [0.5, 0.6) is 5.75 Å². The number of esters is 1. The van der Waals surface area contributed by atoms with Crippen LogP contribution in [0.4, 0.5) is 0 Å². The molecule has 0 radical (unpaired) electrons. The van der Waals surface area contributed by atoms with Crippen molar-refractivity contribution < 1.29 is 58.9 Å². The number of unbranched alkanes of at least 4 members (excludes halogenated alkanes) is 13. The minimum absolute atomic E-state index is 0.0321. The van der Waals surface area contributed by atoms with Gasteiger partial charge in [0.1, 0.15) is 30.7 Å². The molecule has 358 valence electrons. The quantitative estimate of drug-likeness (QED) is 0.0245. The van der Waals surface area contributed by atoms with Crippen LogP contribution in [0.2, 0.25) is 0 Å². The largest absolute Gasteiger partial charge is 0.491 e. The van der Waals surface area contributed by atoms with E-state index in [1.807, 2.05) is 0 Å². The molecule has 1 aromatic carbocycles. The Kier molecular flexibility index (Phi) is 30.7. The zero-order chi connectivity index (χ0) is 45.4. The van der Waals surface area contributed by atoms with Gasteiger partial charge in [0.15, 0.2) is 0 Å². The lowest BCUT2D eigenvalue weighted by atomic mass is 10.0. The van der Waals surface area contributed by atoms with Crippen LogP contribution >= 0.6 is 0 Å². The minimum Gasteiger partial charge on any atom is -0.491 e. The number of epoxide rings is 1. The van der Waals surface area contributed by atoms with Gasteiger partial charge in [-0.2, -0.15) is 0 Å². The second-order valence-corrected chi connectivity index (χ2v) is 17.0. The van der Waals surface area contributed by atoms with Gasteiger partial charge in [-0.05, 0) is 62.6 Å². The first kappa shape index (κ1) is 55.2. The third-order valence-corrected chi connectivity index (χ3v) is 11.3. The van der Waals surface area contributed by atoms with Crippen LogP contribution in [-0.4, -0.2) is 125 Å². The Morgan fingerprint density at radius 1 is 0.758 bits per heavy atom. The minimum atomic E-state index is -1.29. The maximum Gasteiger partial charge on any atom is 0.303 e. The Bertz CT molecular complexity index is 1310. The average molecular weight is 882 g/mol. The van der Waals surface area contributed by atoms with Gasteiger partial charge >= 0.3 is 5.97 Å². The van der Waals surface area contributed by atoms with E-state index >= 15 is 0 Å². The highest BCUT2D eigenvalue weighted by Gasteiger charge is 2.43. The fourth-order valence-corrected chi connectivity index (χ4v) is 7.41. The number of aliphatic hydroxyl groups excluding tert-OH is 5. The number of hydrogen-bond acceptors (Lipinski definition) is 13. The molecule has 1 fully saturated rings. The molecule has 2 rings (SSSR count). The van der Waals surface area contributed by atoms with Crippen LogP contribution in [0.1, 0.15) is 167 Å². The fourth-order valence-electron chi connectivity index (χ4n) is 7.41. The van der Waals surface area contributed by atoms with E-state index in [-0.39, 0.29) is 63.0 Å². The molecular formula is C47H83N3O12. The second kappa shape index (κ2) is 34.5. The zero-order valence-electron chi connectivity index (χ0n) is 37.9. The summed E-state index contributed by atoms with van der Waals surface area (Å²) in [6.45, 7) is 3.84. The van der Waals surface area contributed by atoms with E-state index in [0.29, 0.717) is 37.2 Å². The third kappa shape index (κ3) is 26.7. The molecule has 9 N–H and O–H groups in total. The number of nitrogens with one attached hydrogen (secondary N) is 2. The molecule has 0 saturated carbocycles. The number of aliphatic hydroxyl groups is 5. The molecule has 0 aromatic heterocycles. The lowest BCUT2D eigenvalue weighted by Crippen LogP contribution is -2.41. The van der Waals surface area contributed by atoms with Crippen LogP contribution in [0, 0.1) is 0 Å². The highest BCUT2D eigenvalue weighted by Crippen LogP contribution is 2.32. The molecule has 1 saturated heterocycles. The maximum absolute atomic E-state index is 12.7. The third-order valence-electron chi connectivity index (χ3n) is 11.3. The Labute approximate surface area is 371 Å². The molecule has 1 aliphatic rings. The molecule has 62 heavy (non-hydrogen) atoms. The lowest BCUT2D eigenvalue weighted by molar-refractivity contribution is -0.147. The van der Waals surface area contributed by atoms with E-state index in [1.54, 1.807) is 31.2 Å². The summed E-state index contributed by atoms with van der Waals surface area (Å²) in [6, 6.07) is 5.85. The number of ether oxygens (including phenoxy) is 4. The van der Waals surface area contributed by atoms with Crippen molar-refractivity contribution in [3.8, 4) is 5.75 Å². The monoisotopic (exact) mass is 882 g/mol. The second-order valence-electron chi connectivity index (χ2n) is 17.0. The van der Waals surface area contributed by atoms with Crippen molar-refractivity contribution in [2.75, 3.05) is 39.6 Å². The van der Waals surface area contributed by atoms with Crippen molar-refractivity contribution >= 4 is 17.8 Å². The van der Waals surface area contributed by atoms with Gasteiger partial charge in [-0.3, -0.25) is 14.4 Å². The van der Waals surface area contributed by atoms with Gasteiger partial charge < -0.3 is 60.8 Å². The van der Waals surface area contributed by atoms with Gasteiger partial charge in [0.2, 0.25) is 11.8 Å². The summed E-state index contributed by atoms with van der Waals surface area (Å²) >= 11 is 0. The van der Waals surface area contributed by atoms with Crippen LogP contribution in [0.3, 0.4) is 0 Å². The van der Waals surface area contributed by atoms with Crippen molar-refractivity contribution in [3.05, 3.63) is 29.8 Å². The first-order valence-electron chi connectivity index (χ1n) is 23.7. The van der Waals surface area contributed by atoms with Crippen molar-refractivity contribution in [2.45, 2.75) is 204 Å². The number of rotatable bonds is 40. The van der Waals surface area contributed by atoms with E-state index in [1.165, 1.54) is 58.3 Å². The summed E-state index contributed by atoms with van der Waals surface area (Å²) in [5, 5.41) is 55.2. The van der Waals surface area contributed by atoms with Gasteiger partial charge in [0, 0.05) is 20.0 Å². The number of carbonyl (C=O) groups is 3. The molecule has 1 aromatic rings. The van der Waals surface area contributed by atoms with Gasteiger partial charge in [-0.15, -0.1) is 0 Å². The predicted molar refractivity (Wildman–Crippen MR) is 238 cm³/mol. The van der Waals surface area contributed by atoms with E-state index in [2.05, 4.69) is 10.6 Å². The molecule has 0 aliphatic carbocycles. The molecule has 1 aliphatic heterocycles. The molecule has 0 spiro atoms. The molecule has 2 amide bonds. The van der Waals surface area contributed by atoms with Crippen LogP contribution in [0.15, 0.2) is 24.3 Å². The zero-order valence-corrected chi connectivity index (χ0v) is 37.9. The van der Waals surface area contributed by atoms with Gasteiger partial charge in [-0.1, -0.05) is 109 Å². The Morgan fingerprint density at radius 2 is 1.35 bits per heavy atom. The normalized spacial score (nSPS) is 17.7. The van der Waals surface area contributed by atoms with Gasteiger partial charge in [0.25, 0.3) is 0 Å². The Hall–Kier alpha value is -2.89. The first-order valence-corrected chi connectivity index (χ1v) is 23.7. The van der Waals surface area contributed by atoms with Crippen molar-refractivity contribution in [1.29, 1.82) is 0 Å². The number of benzene rings is 1. The smallest absolute Gasteiger partial charge is 0.303 e. The molecule has 15 nitrogen and oxygen atoms in total.